The summed E-state index contributed by atoms with van der Waals surface area (Å²) in [4.78, 5) is 11.2. The van der Waals surface area contributed by atoms with E-state index in [-0.39, 0.29) is 5.91 Å². The van der Waals surface area contributed by atoms with Gasteiger partial charge in [-0.1, -0.05) is 13.3 Å². The normalized spacial score (nSPS) is 16.7. The molecule has 0 saturated heterocycles. The number of carbonyl (C=O) groups excluding carboxylic acids is 1. The van der Waals surface area contributed by atoms with E-state index in [0.717, 1.165) is 25.6 Å². The van der Waals surface area contributed by atoms with Gasteiger partial charge in [0, 0.05) is 19.5 Å². The highest BCUT2D eigenvalue weighted by molar-refractivity contribution is 5.76. The van der Waals surface area contributed by atoms with Crippen LogP contribution in [0.2, 0.25) is 0 Å². The van der Waals surface area contributed by atoms with Crippen LogP contribution in [0.1, 0.15) is 32.6 Å². The molecule has 1 aliphatic carbocycles. The number of nitrogens with one attached hydrogen (secondary N) is 2. The second-order valence-corrected chi connectivity index (χ2v) is 3.70. The van der Waals surface area contributed by atoms with E-state index >= 15 is 0 Å². The zero-order valence-electron chi connectivity index (χ0n) is 8.44. The van der Waals surface area contributed by atoms with Gasteiger partial charge >= 0.3 is 0 Å². The molecule has 0 bridgehead atoms. The first kappa shape index (κ1) is 10.5. The van der Waals surface area contributed by atoms with Crippen LogP contribution in [0.15, 0.2) is 0 Å². The van der Waals surface area contributed by atoms with Crippen molar-refractivity contribution in [2.45, 2.75) is 32.6 Å². The number of hydrogen-bond acceptors (Lipinski definition) is 2. The van der Waals surface area contributed by atoms with Crippen molar-refractivity contribution < 1.29 is 4.79 Å². The molecule has 0 heterocycles. The molecule has 0 aromatic heterocycles. The van der Waals surface area contributed by atoms with Crippen LogP contribution in [0.3, 0.4) is 0 Å². The molecule has 0 aromatic carbocycles. The Hall–Kier alpha value is -0.570. The summed E-state index contributed by atoms with van der Waals surface area (Å²) in [6.45, 7) is 4.68. The minimum absolute atomic E-state index is 0.188. The summed E-state index contributed by atoms with van der Waals surface area (Å²) < 4.78 is 0. The van der Waals surface area contributed by atoms with Crippen LogP contribution >= 0.6 is 0 Å². The molecule has 1 saturated carbocycles. The van der Waals surface area contributed by atoms with Gasteiger partial charge in [-0.25, -0.2) is 0 Å². The summed E-state index contributed by atoms with van der Waals surface area (Å²) in [5.74, 6) is 0.955. The van der Waals surface area contributed by atoms with Gasteiger partial charge in [0.1, 0.15) is 0 Å². The van der Waals surface area contributed by atoms with Gasteiger partial charge in [0.25, 0.3) is 0 Å². The van der Waals surface area contributed by atoms with Gasteiger partial charge < -0.3 is 10.6 Å². The molecule has 2 N–H and O–H groups in total. The first-order chi connectivity index (χ1) is 6.33. The fourth-order valence-corrected chi connectivity index (χ4v) is 1.42. The van der Waals surface area contributed by atoms with Crippen LogP contribution in [-0.2, 0) is 4.79 Å². The van der Waals surface area contributed by atoms with Gasteiger partial charge in [-0.3, -0.25) is 4.79 Å². The summed E-state index contributed by atoms with van der Waals surface area (Å²) in [7, 11) is 0. The van der Waals surface area contributed by atoms with Crippen LogP contribution < -0.4 is 10.6 Å². The third-order valence-electron chi connectivity index (χ3n) is 2.59. The summed E-state index contributed by atoms with van der Waals surface area (Å²) >= 11 is 0. The zero-order chi connectivity index (χ0) is 9.52. The minimum Gasteiger partial charge on any atom is -0.356 e. The van der Waals surface area contributed by atoms with E-state index in [1.807, 2.05) is 6.92 Å². The summed E-state index contributed by atoms with van der Waals surface area (Å²) in [6, 6.07) is 0. The Morgan fingerprint density at radius 2 is 2.23 bits per heavy atom. The lowest BCUT2D eigenvalue weighted by atomic mass is 9.85. The molecule has 13 heavy (non-hydrogen) atoms. The van der Waals surface area contributed by atoms with Crippen molar-refractivity contribution in [3.8, 4) is 0 Å². The molecule has 1 aliphatic rings. The Bertz CT molecular complexity index is 155. The van der Waals surface area contributed by atoms with Crippen LogP contribution in [0.25, 0.3) is 0 Å². The number of carbonyl (C=O) groups is 1. The van der Waals surface area contributed by atoms with E-state index < -0.39 is 0 Å². The minimum atomic E-state index is 0.188. The summed E-state index contributed by atoms with van der Waals surface area (Å²) in [5.41, 5.74) is 0. The Morgan fingerprint density at radius 1 is 1.46 bits per heavy atom. The second-order valence-electron chi connectivity index (χ2n) is 3.70. The average molecular weight is 184 g/mol. The fraction of sp³-hybridized carbons (Fsp3) is 0.900. The molecule has 0 spiro atoms. The summed E-state index contributed by atoms with van der Waals surface area (Å²) in [5, 5.41) is 6.10. The van der Waals surface area contributed by atoms with Crippen molar-refractivity contribution in [1.29, 1.82) is 0 Å². The molecule has 1 rings (SSSR count). The Labute approximate surface area is 80.3 Å². The largest absolute Gasteiger partial charge is 0.356 e. The molecule has 0 aromatic rings. The van der Waals surface area contributed by atoms with Gasteiger partial charge in [0.2, 0.25) is 5.91 Å². The third kappa shape index (κ3) is 4.27. The van der Waals surface area contributed by atoms with Crippen molar-refractivity contribution in [3.05, 3.63) is 0 Å². The van der Waals surface area contributed by atoms with E-state index in [1.54, 1.807) is 0 Å². The van der Waals surface area contributed by atoms with Crippen LogP contribution in [0.4, 0.5) is 0 Å². The first-order valence-corrected chi connectivity index (χ1v) is 5.30. The van der Waals surface area contributed by atoms with Gasteiger partial charge in [-0.2, -0.15) is 0 Å². The first-order valence-electron chi connectivity index (χ1n) is 5.30. The molecule has 3 nitrogen and oxygen atoms in total. The molecule has 0 aliphatic heterocycles. The second kappa shape index (κ2) is 5.97. The maximum atomic E-state index is 11.2. The van der Waals surface area contributed by atoms with Crippen molar-refractivity contribution in [3.63, 3.8) is 0 Å². The van der Waals surface area contributed by atoms with E-state index in [9.17, 15) is 4.79 Å². The molecular weight excluding hydrogens is 164 g/mol. The van der Waals surface area contributed by atoms with E-state index in [4.69, 9.17) is 0 Å². The Kier molecular flexibility index (Phi) is 4.83. The monoisotopic (exact) mass is 184 g/mol. The quantitative estimate of drug-likeness (QED) is 0.602. The smallest absolute Gasteiger partial charge is 0.221 e. The SMILES string of the molecule is CCNCCC(=O)NCC1CCC1. The molecule has 0 atom stereocenters. The Morgan fingerprint density at radius 3 is 2.77 bits per heavy atom. The average Bonchev–Trinajstić information content (AvgIpc) is 2.02. The van der Waals surface area contributed by atoms with Crippen molar-refractivity contribution in [2.24, 2.45) is 5.92 Å². The van der Waals surface area contributed by atoms with E-state index in [0.29, 0.717) is 6.42 Å². The van der Waals surface area contributed by atoms with Crippen LogP contribution in [0, 0.1) is 5.92 Å². The number of amides is 1. The van der Waals surface area contributed by atoms with Gasteiger partial charge in [0.05, 0.1) is 0 Å². The van der Waals surface area contributed by atoms with Gasteiger partial charge in [0.15, 0.2) is 0 Å². The van der Waals surface area contributed by atoms with E-state index in [2.05, 4.69) is 10.6 Å². The lowest BCUT2D eigenvalue weighted by Crippen LogP contribution is -2.33. The lowest BCUT2D eigenvalue weighted by Gasteiger charge is -2.25. The van der Waals surface area contributed by atoms with Gasteiger partial charge in [-0.15, -0.1) is 0 Å². The topological polar surface area (TPSA) is 41.1 Å². The predicted molar refractivity (Wildman–Crippen MR) is 53.5 cm³/mol. The number of rotatable bonds is 6. The standard InChI is InChI=1S/C10H20N2O/c1-2-11-7-6-10(13)12-8-9-4-3-5-9/h9,11H,2-8H2,1H3,(H,12,13). The van der Waals surface area contributed by atoms with Crippen LogP contribution in [-0.4, -0.2) is 25.5 Å². The van der Waals surface area contributed by atoms with Crippen molar-refractivity contribution in [2.75, 3.05) is 19.6 Å². The predicted octanol–water partition coefficient (Wildman–Crippen LogP) is 0.902. The highest BCUT2D eigenvalue weighted by Gasteiger charge is 2.17. The molecule has 0 radical (unpaired) electrons. The highest BCUT2D eigenvalue weighted by atomic mass is 16.1. The molecule has 1 amide bonds. The highest BCUT2D eigenvalue weighted by Crippen LogP contribution is 2.24. The molecular formula is C10H20N2O. The van der Waals surface area contributed by atoms with Crippen molar-refractivity contribution in [1.82, 2.24) is 10.6 Å². The lowest BCUT2D eigenvalue weighted by molar-refractivity contribution is -0.121. The Balaban J connectivity index is 1.90. The maximum Gasteiger partial charge on any atom is 0.221 e. The third-order valence-corrected chi connectivity index (χ3v) is 2.59. The zero-order valence-corrected chi connectivity index (χ0v) is 8.44. The van der Waals surface area contributed by atoms with Crippen molar-refractivity contribution >= 4 is 5.91 Å². The fourth-order valence-electron chi connectivity index (χ4n) is 1.42. The number of hydrogen-bond donors (Lipinski definition) is 2. The summed E-state index contributed by atoms with van der Waals surface area (Å²) in [6.07, 6.45) is 4.56. The molecule has 76 valence electrons. The molecule has 0 unspecified atom stereocenters. The molecule has 1 fully saturated rings. The van der Waals surface area contributed by atoms with Gasteiger partial charge in [-0.05, 0) is 25.3 Å². The maximum absolute atomic E-state index is 11.2. The van der Waals surface area contributed by atoms with E-state index in [1.165, 1.54) is 19.3 Å². The molecule has 3 heteroatoms. The van der Waals surface area contributed by atoms with Crippen LogP contribution in [0.5, 0.6) is 0 Å².